The number of allylic oxidation sites excluding steroid dienone is 2. The maximum Gasteiger partial charge on any atom is 0.0843 e. The van der Waals surface area contributed by atoms with E-state index < -0.39 is 11.4 Å². The van der Waals surface area contributed by atoms with Gasteiger partial charge in [0, 0.05) is 12.4 Å². The molecule has 3 atom stereocenters. The van der Waals surface area contributed by atoms with Crippen LogP contribution in [0.3, 0.4) is 0 Å². The minimum atomic E-state index is -1.10. The highest BCUT2D eigenvalue weighted by Gasteiger charge is 2.55. The summed E-state index contributed by atoms with van der Waals surface area (Å²) in [5, 5.41) is 19.7. The maximum absolute atomic E-state index is 10.6. The highest BCUT2D eigenvalue weighted by Crippen LogP contribution is 2.59. The average molecular weight is 304 g/mol. The van der Waals surface area contributed by atoms with Crippen molar-refractivity contribution in [2.45, 2.75) is 70.8 Å². The number of hydrogen-bond donors (Lipinski definition) is 1. The normalized spacial score (nSPS) is 33.6. The molecule has 0 spiro atoms. The van der Waals surface area contributed by atoms with Crippen LogP contribution in [0.25, 0.3) is 0 Å². The Bertz CT molecular complexity index is 474. The molecule has 3 N–H and O–H groups in total. The lowest BCUT2D eigenvalue weighted by molar-refractivity contribution is -0.425. The summed E-state index contributed by atoms with van der Waals surface area (Å²) in [5.74, 6) is -0.428. The molecular weight excluding hydrogens is 276 g/mol. The second-order valence-electron chi connectivity index (χ2n) is 7.19. The van der Waals surface area contributed by atoms with E-state index in [1.54, 1.807) is 0 Å². The molecule has 2 fully saturated rings. The molecule has 0 bridgehead atoms. The van der Waals surface area contributed by atoms with Gasteiger partial charge in [0.2, 0.25) is 0 Å². The van der Waals surface area contributed by atoms with E-state index in [-0.39, 0.29) is 12.3 Å². The number of carboxylic acids is 1. The number of fused-ring (bicyclic) bond motifs is 1. The standard InChI is InChI=1S/C12H15NO2.C6H13N/c1-2-8-3-9-5-12(7-13,6-11(14)15)10(9)4-8;7-6-4-2-1-3-5-6/h4,9-10H,2-3,5-6H2,1H3,(H,14,15);6H,1-5,7H2/t9-,10-,12-;/m1./s1. The summed E-state index contributed by atoms with van der Waals surface area (Å²) in [6, 6.07) is 2.98. The number of hydrogen-bond acceptors (Lipinski definition) is 3. The van der Waals surface area contributed by atoms with Crippen LogP contribution in [0.2, 0.25) is 0 Å². The van der Waals surface area contributed by atoms with Crippen LogP contribution >= 0.6 is 0 Å². The third-order valence-electron chi connectivity index (χ3n) is 5.57. The van der Waals surface area contributed by atoms with E-state index in [0.29, 0.717) is 5.92 Å². The van der Waals surface area contributed by atoms with Gasteiger partial charge in [0.05, 0.1) is 17.5 Å². The van der Waals surface area contributed by atoms with Crippen LogP contribution in [0.15, 0.2) is 11.6 Å². The Morgan fingerprint density at radius 1 is 1.45 bits per heavy atom. The van der Waals surface area contributed by atoms with Crippen molar-refractivity contribution in [1.82, 2.24) is 0 Å². The number of carboxylic acid groups (broad SMARTS) is 1. The first-order chi connectivity index (χ1) is 10.5. The van der Waals surface area contributed by atoms with Crippen LogP contribution in [0.5, 0.6) is 0 Å². The molecule has 0 radical (unpaired) electrons. The summed E-state index contributed by atoms with van der Waals surface area (Å²) in [7, 11) is 0. The zero-order valence-corrected chi connectivity index (χ0v) is 13.6. The molecule has 4 heteroatoms. The van der Waals surface area contributed by atoms with Gasteiger partial charge in [-0.2, -0.15) is 5.26 Å². The van der Waals surface area contributed by atoms with E-state index in [1.165, 1.54) is 37.7 Å². The minimum Gasteiger partial charge on any atom is -0.550 e. The van der Waals surface area contributed by atoms with Gasteiger partial charge < -0.3 is 15.6 Å². The number of aliphatic carboxylic acids is 1. The van der Waals surface area contributed by atoms with E-state index in [2.05, 4.69) is 24.8 Å². The molecule has 122 valence electrons. The third kappa shape index (κ3) is 3.70. The predicted octanol–water partition coefficient (Wildman–Crippen LogP) is 1.57. The van der Waals surface area contributed by atoms with Crippen molar-refractivity contribution in [2.75, 3.05) is 0 Å². The summed E-state index contributed by atoms with van der Waals surface area (Å²) >= 11 is 0. The van der Waals surface area contributed by atoms with Crippen LogP contribution < -0.4 is 10.8 Å². The van der Waals surface area contributed by atoms with Crippen molar-refractivity contribution >= 4 is 5.97 Å². The SMILES string of the molecule is CCC1=C[C@@H]2[C@H](C1)C[C@]2(C#N)CC(=O)[O-].[NH3+]C1CCCCC1. The molecule has 3 aliphatic carbocycles. The molecule has 0 saturated heterocycles. The molecule has 0 heterocycles. The molecule has 0 aromatic heterocycles. The van der Waals surface area contributed by atoms with Crippen molar-refractivity contribution < 1.29 is 15.6 Å². The van der Waals surface area contributed by atoms with E-state index in [9.17, 15) is 9.90 Å². The van der Waals surface area contributed by atoms with E-state index in [0.717, 1.165) is 25.3 Å². The minimum absolute atomic E-state index is 0.113. The fourth-order valence-corrected chi connectivity index (χ4v) is 4.23. The van der Waals surface area contributed by atoms with Gasteiger partial charge in [0.15, 0.2) is 0 Å². The smallest absolute Gasteiger partial charge is 0.0843 e. The van der Waals surface area contributed by atoms with Gasteiger partial charge in [-0.1, -0.05) is 25.0 Å². The lowest BCUT2D eigenvalue weighted by atomic mass is 9.54. The number of carbonyl (C=O) groups excluding carboxylic acids is 1. The molecule has 0 amide bonds. The predicted molar refractivity (Wildman–Crippen MR) is 82.0 cm³/mol. The molecule has 3 aliphatic rings. The van der Waals surface area contributed by atoms with Gasteiger partial charge in [-0.3, -0.25) is 0 Å². The first-order valence-electron chi connectivity index (χ1n) is 8.64. The largest absolute Gasteiger partial charge is 0.550 e. The Morgan fingerprint density at radius 2 is 2.14 bits per heavy atom. The summed E-state index contributed by atoms with van der Waals surface area (Å²) in [6.45, 7) is 2.10. The molecule has 3 rings (SSSR count). The van der Waals surface area contributed by atoms with Gasteiger partial charge in [-0.15, -0.1) is 0 Å². The summed E-state index contributed by atoms with van der Waals surface area (Å²) < 4.78 is 0. The Balaban J connectivity index is 0.000000211. The maximum atomic E-state index is 10.6. The summed E-state index contributed by atoms with van der Waals surface area (Å²) in [5.41, 5.74) is 4.71. The average Bonchev–Trinajstić information content (AvgIpc) is 2.84. The highest BCUT2D eigenvalue weighted by atomic mass is 16.4. The van der Waals surface area contributed by atoms with Gasteiger partial charge >= 0.3 is 0 Å². The lowest BCUT2D eigenvalue weighted by Gasteiger charge is -2.47. The zero-order chi connectivity index (χ0) is 16.2. The Morgan fingerprint density at radius 3 is 2.59 bits per heavy atom. The van der Waals surface area contributed by atoms with E-state index in [4.69, 9.17) is 5.26 Å². The van der Waals surface area contributed by atoms with Gasteiger partial charge in [0.25, 0.3) is 0 Å². The van der Waals surface area contributed by atoms with E-state index in [1.807, 2.05) is 0 Å². The summed E-state index contributed by atoms with van der Waals surface area (Å²) in [6.07, 6.45) is 11.9. The monoisotopic (exact) mass is 304 g/mol. The van der Waals surface area contributed by atoms with Crippen LogP contribution in [0.4, 0.5) is 0 Å². The van der Waals surface area contributed by atoms with Gasteiger partial charge in [-0.25, -0.2) is 0 Å². The second-order valence-corrected chi connectivity index (χ2v) is 7.19. The van der Waals surface area contributed by atoms with Crippen LogP contribution in [-0.2, 0) is 4.79 Å². The quantitative estimate of drug-likeness (QED) is 0.802. The van der Waals surface area contributed by atoms with Crippen molar-refractivity contribution in [3.8, 4) is 6.07 Å². The molecule has 4 nitrogen and oxygen atoms in total. The Hall–Kier alpha value is -1.34. The number of rotatable bonds is 3. The first kappa shape index (κ1) is 17.0. The summed E-state index contributed by atoms with van der Waals surface area (Å²) in [4.78, 5) is 10.6. The van der Waals surface area contributed by atoms with Gasteiger partial charge in [0.1, 0.15) is 0 Å². The molecule has 22 heavy (non-hydrogen) atoms. The number of carbonyl (C=O) groups is 1. The second kappa shape index (κ2) is 7.28. The van der Waals surface area contributed by atoms with Gasteiger partial charge in [-0.05, 0) is 56.8 Å². The van der Waals surface area contributed by atoms with Crippen molar-refractivity contribution in [2.24, 2.45) is 17.3 Å². The lowest BCUT2D eigenvalue weighted by Crippen LogP contribution is -2.61. The number of quaternary nitrogens is 1. The van der Waals surface area contributed by atoms with Crippen molar-refractivity contribution in [3.63, 3.8) is 0 Å². The van der Waals surface area contributed by atoms with Crippen LogP contribution in [-0.4, -0.2) is 12.0 Å². The topological polar surface area (TPSA) is 91.6 Å². The fourth-order valence-electron chi connectivity index (χ4n) is 4.23. The third-order valence-corrected chi connectivity index (χ3v) is 5.57. The molecule has 0 unspecified atom stereocenters. The molecule has 2 saturated carbocycles. The Kier molecular flexibility index (Phi) is 5.63. The zero-order valence-electron chi connectivity index (χ0n) is 13.6. The highest BCUT2D eigenvalue weighted by molar-refractivity contribution is 5.66. The molecular formula is C18H28N2O2. The van der Waals surface area contributed by atoms with Crippen molar-refractivity contribution in [1.29, 1.82) is 5.26 Å². The van der Waals surface area contributed by atoms with Crippen LogP contribution in [0.1, 0.15) is 64.7 Å². The molecule has 0 aromatic rings. The first-order valence-corrected chi connectivity index (χ1v) is 8.64. The molecule has 0 aromatic carbocycles. The van der Waals surface area contributed by atoms with Crippen LogP contribution in [0, 0.1) is 28.6 Å². The van der Waals surface area contributed by atoms with E-state index >= 15 is 0 Å². The van der Waals surface area contributed by atoms with Crippen molar-refractivity contribution in [3.05, 3.63) is 11.6 Å². The molecule has 0 aliphatic heterocycles. The number of nitriles is 1. The Labute approximate surface area is 133 Å². The fraction of sp³-hybridized carbons (Fsp3) is 0.778. The number of nitrogens with zero attached hydrogens (tertiary/aromatic N) is 1.